The third-order valence-corrected chi connectivity index (χ3v) is 5.76. The first kappa shape index (κ1) is 15.3. The monoisotopic (exact) mass is 344 g/mol. The summed E-state index contributed by atoms with van der Waals surface area (Å²) in [6.07, 6.45) is 4.37. The normalized spacial score (nSPS) is 22.5. The Hall–Kier alpha value is -2.95. The lowest BCUT2D eigenvalue weighted by Crippen LogP contribution is -2.40. The molecule has 3 aromatic rings. The number of amides is 1. The predicted molar refractivity (Wildman–Crippen MR) is 97.7 cm³/mol. The summed E-state index contributed by atoms with van der Waals surface area (Å²) in [7, 11) is 0. The number of nitrogens with one attached hydrogen (secondary N) is 1. The van der Waals surface area contributed by atoms with Gasteiger partial charge in [0.15, 0.2) is 0 Å². The van der Waals surface area contributed by atoms with Crippen LogP contribution in [-0.2, 0) is 11.3 Å². The van der Waals surface area contributed by atoms with Gasteiger partial charge in [0.1, 0.15) is 6.54 Å². The van der Waals surface area contributed by atoms with Crippen LogP contribution in [0.4, 0.5) is 0 Å². The lowest BCUT2D eigenvalue weighted by molar-refractivity contribution is -0.122. The van der Waals surface area contributed by atoms with E-state index in [9.17, 15) is 4.79 Å². The summed E-state index contributed by atoms with van der Waals surface area (Å²) in [4.78, 5) is 12.3. The van der Waals surface area contributed by atoms with E-state index in [-0.39, 0.29) is 12.5 Å². The molecule has 0 saturated heterocycles. The minimum Gasteiger partial charge on any atom is -0.354 e. The first-order valence-electron chi connectivity index (χ1n) is 9.09. The lowest BCUT2D eigenvalue weighted by atomic mass is 9.59. The van der Waals surface area contributed by atoms with E-state index in [0.29, 0.717) is 24.3 Å². The fourth-order valence-corrected chi connectivity index (χ4v) is 4.72. The molecule has 3 aliphatic carbocycles. The molecule has 1 unspecified atom stereocenters. The summed E-state index contributed by atoms with van der Waals surface area (Å²) in [6.45, 7) is 0.908. The minimum atomic E-state index is -0.0153. The van der Waals surface area contributed by atoms with Crippen molar-refractivity contribution in [3.05, 3.63) is 83.2 Å². The Morgan fingerprint density at radius 1 is 1.04 bits per heavy atom. The number of fused-ring (bicyclic) bond motifs is 1. The van der Waals surface area contributed by atoms with Crippen molar-refractivity contribution in [2.45, 2.75) is 24.8 Å². The SMILES string of the molecule is O=C(Cn1ccnn1)NCC1CC2c3ccccc3C1c1ccccc12. The fourth-order valence-electron chi connectivity index (χ4n) is 4.72. The molecule has 0 aliphatic heterocycles. The van der Waals surface area contributed by atoms with E-state index in [4.69, 9.17) is 0 Å². The van der Waals surface area contributed by atoms with Crippen LogP contribution in [0.25, 0.3) is 0 Å². The molecule has 5 nitrogen and oxygen atoms in total. The fraction of sp³-hybridized carbons (Fsp3) is 0.286. The van der Waals surface area contributed by atoms with Crippen LogP contribution >= 0.6 is 0 Å². The van der Waals surface area contributed by atoms with Crippen molar-refractivity contribution in [3.63, 3.8) is 0 Å². The number of nitrogens with zero attached hydrogens (tertiary/aromatic N) is 3. The number of hydrogen-bond acceptors (Lipinski definition) is 3. The highest BCUT2D eigenvalue weighted by Crippen LogP contribution is 2.55. The first-order chi connectivity index (χ1) is 12.8. The third kappa shape index (κ3) is 2.43. The largest absolute Gasteiger partial charge is 0.354 e. The smallest absolute Gasteiger partial charge is 0.241 e. The van der Waals surface area contributed by atoms with Crippen molar-refractivity contribution >= 4 is 5.91 Å². The molecular weight excluding hydrogens is 324 g/mol. The van der Waals surface area contributed by atoms with Crippen LogP contribution in [0.2, 0.25) is 0 Å². The molecule has 1 atom stereocenters. The molecule has 2 bridgehead atoms. The molecule has 0 saturated carbocycles. The molecule has 0 radical (unpaired) electrons. The number of carbonyl (C=O) groups excluding carboxylic acids is 1. The standard InChI is InChI=1S/C21H20N4O/c26-20(13-25-10-9-23-24-25)22-12-14-11-19-15-5-1-3-7-17(15)21(14)18-8-4-2-6-16(18)19/h1-10,14,19,21H,11-13H2,(H,22,26). The summed E-state index contributed by atoms with van der Waals surface area (Å²) in [5, 5.41) is 10.7. The second kappa shape index (κ2) is 6.09. The van der Waals surface area contributed by atoms with Crippen molar-refractivity contribution in [1.82, 2.24) is 20.3 Å². The zero-order chi connectivity index (χ0) is 17.5. The highest BCUT2D eigenvalue weighted by Gasteiger charge is 2.42. The van der Waals surface area contributed by atoms with Gasteiger partial charge in [0.25, 0.3) is 0 Å². The van der Waals surface area contributed by atoms with Crippen molar-refractivity contribution < 1.29 is 4.79 Å². The topological polar surface area (TPSA) is 59.8 Å². The molecule has 0 fully saturated rings. The van der Waals surface area contributed by atoms with Crippen LogP contribution in [0, 0.1) is 5.92 Å². The quantitative estimate of drug-likeness (QED) is 0.792. The Bertz CT molecular complexity index is 903. The van der Waals surface area contributed by atoms with Gasteiger partial charge in [0.2, 0.25) is 5.91 Å². The van der Waals surface area contributed by atoms with E-state index >= 15 is 0 Å². The summed E-state index contributed by atoms with van der Waals surface area (Å²) >= 11 is 0. The van der Waals surface area contributed by atoms with Crippen LogP contribution in [0.3, 0.4) is 0 Å². The molecule has 130 valence electrons. The van der Waals surface area contributed by atoms with Gasteiger partial charge in [0, 0.05) is 24.6 Å². The lowest BCUT2D eigenvalue weighted by Gasteiger charge is -2.45. The Morgan fingerprint density at radius 3 is 2.31 bits per heavy atom. The van der Waals surface area contributed by atoms with E-state index < -0.39 is 0 Å². The molecule has 3 aliphatic rings. The van der Waals surface area contributed by atoms with Crippen LogP contribution in [0.5, 0.6) is 0 Å². The number of benzene rings is 2. The summed E-state index contributed by atoms with van der Waals surface area (Å²) in [5.74, 6) is 1.20. The summed E-state index contributed by atoms with van der Waals surface area (Å²) in [6, 6.07) is 17.6. The molecule has 1 heterocycles. The molecule has 5 heteroatoms. The molecule has 1 amide bonds. The third-order valence-electron chi connectivity index (χ3n) is 5.76. The maximum atomic E-state index is 12.3. The maximum Gasteiger partial charge on any atom is 0.241 e. The highest BCUT2D eigenvalue weighted by molar-refractivity contribution is 5.75. The second-order valence-corrected chi connectivity index (χ2v) is 7.19. The maximum absolute atomic E-state index is 12.3. The Morgan fingerprint density at radius 2 is 1.69 bits per heavy atom. The molecule has 6 rings (SSSR count). The number of rotatable bonds is 4. The Balaban J connectivity index is 1.39. The predicted octanol–water partition coefficient (Wildman–Crippen LogP) is 2.69. The number of hydrogen-bond donors (Lipinski definition) is 1. The molecule has 26 heavy (non-hydrogen) atoms. The molecule has 0 spiro atoms. The Kier molecular flexibility index (Phi) is 3.59. The van der Waals surface area contributed by atoms with Crippen LogP contribution in [0.1, 0.15) is 40.5 Å². The Labute approximate surface area is 152 Å². The van der Waals surface area contributed by atoms with Gasteiger partial charge in [-0.2, -0.15) is 0 Å². The van der Waals surface area contributed by atoms with Crippen molar-refractivity contribution in [2.75, 3.05) is 6.54 Å². The zero-order valence-corrected chi connectivity index (χ0v) is 14.4. The average molecular weight is 344 g/mol. The second-order valence-electron chi connectivity index (χ2n) is 7.19. The van der Waals surface area contributed by atoms with E-state index in [1.807, 2.05) is 0 Å². The van der Waals surface area contributed by atoms with Gasteiger partial charge >= 0.3 is 0 Å². The zero-order valence-electron chi connectivity index (χ0n) is 14.4. The average Bonchev–Trinajstić information content (AvgIpc) is 3.19. The van der Waals surface area contributed by atoms with Gasteiger partial charge < -0.3 is 5.32 Å². The van der Waals surface area contributed by atoms with Gasteiger partial charge in [-0.25, -0.2) is 4.68 Å². The number of aromatic nitrogens is 3. The molecule has 1 aromatic heterocycles. The van der Waals surface area contributed by atoms with Gasteiger partial charge in [0.05, 0.1) is 6.20 Å². The van der Waals surface area contributed by atoms with Gasteiger partial charge in [-0.3, -0.25) is 4.79 Å². The van der Waals surface area contributed by atoms with Gasteiger partial charge in [-0.05, 0) is 34.6 Å². The molecule has 1 N–H and O–H groups in total. The molecule has 2 aromatic carbocycles. The summed E-state index contributed by atoms with van der Waals surface area (Å²) < 4.78 is 1.55. The van der Waals surface area contributed by atoms with E-state index in [1.54, 1.807) is 17.1 Å². The van der Waals surface area contributed by atoms with E-state index in [0.717, 1.165) is 6.42 Å². The summed E-state index contributed by atoms with van der Waals surface area (Å²) in [5.41, 5.74) is 5.78. The van der Waals surface area contributed by atoms with E-state index in [1.165, 1.54) is 22.3 Å². The molecular formula is C21H20N4O. The first-order valence-corrected chi connectivity index (χ1v) is 9.09. The number of carbonyl (C=O) groups is 1. The van der Waals surface area contributed by atoms with Crippen molar-refractivity contribution in [1.29, 1.82) is 0 Å². The van der Waals surface area contributed by atoms with Crippen LogP contribution in [0.15, 0.2) is 60.9 Å². The minimum absolute atomic E-state index is 0.0153. The highest BCUT2D eigenvalue weighted by atomic mass is 16.2. The van der Waals surface area contributed by atoms with Gasteiger partial charge in [-0.1, -0.05) is 53.7 Å². The van der Waals surface area contributed by atoms with Crippen molar-refractivity contribution in [3.8, 4) is 0 Å². The van der Waals surface area contributed by atoms with Gasteiger partial charge in [-0.15, -0.1) is 5.10 Å². The van der Waals surface area contributed by atoms with E-state index in [2.05, 4.69) is 64.2 Å². The van der Waals surface area contributed by atoms with Crippen LogP contribution in [-0.4, -0.2) is 27.4 Å². The van der Waals surface area contributed by atoms with Crippen molar-refractivity contribution in [2.24, 2.45) is 5.92 Å². The van der Waals surface area contributed by atoms with Crippen LogP contribution < -0.4 is 5.32 Å².